The zero-order valence-electron chi connectivity index (χ0n) is 12.1. The molecule has 2 nitrogen and oxygen atoms in total. The van der Waals surface area contributed by atoms with Gasteiger partial charge in [0, 0.05) is 12.6 Å². The van der Waals surface area contributed by atoms with Crippen LogP contribution in [0.1, 0.15) is 44.2 Å². The number of hydrogen-bond donors (Lipinski definition) is 1. The van der Waals surface area contributed by atoms with Crippen molar-refractivity contribution >= 4 is 0 Å². The molecule has 4 heteroatoms. The van der Waals surface area contributed by atoms with Gasteiger partial charge in [0.1, 0.15) is 0 Å². The Morgan fingerprint density at radius 1 is 1.25 bits per heavy atom. The van der Waals surface area contributed by atoms with Gasteiger partial charge in [-0.15, -0.1) is 0 Å². The first kappa shape index (κ1) is 15.4. The molecule has 1 fully saturated rings. The zero-order valence-corrected chi connectivity index (χ0v) is 12.1. The third-order valence-corrected chi connectivity index (χ3v) is 4.23. The lowest BCUT2D eigenvalue weighted by Crippen LogP contribution is -2.38. The molecule has 1 heterocycles. The zero-order chi connectivity index (χ0) is 14.5. The van der Waals surface area contributed by atoms with Crippen LogP contribution in [0.5, 0.6) is 0 Å². The van der Waals surface area contributed by atoms with E-state index in [0.29, 0.717) is 12.1 Å². The summed E-state index contributed by atoms with van der Waals surface area (Å²) in [5.74, 6) is -0.795. The molecule has 1 saturated heterocycles. The molecular weight excluding hydrogens is 258 g/mol. The van der Waals surface area contributed by atoms with E-state index >= 15 is 0 Å². The lowest BCUT2D eigenvalue weighted by Gasteiger charge is -2.33. The fraction of sp³-hybridized carbons (Fsp3) is 0.625. The van der Waals surface area contributed by atoms with Crippen molar-refractivity contribution in [2.75, 3.05) is 19.6 Å². The van der Waals surface area contributed by atoms with E-state index in [2.05, 4.69) is 11.8 Å². The Morgan fingerprint density at radius 3 is 2.55 bits per heavy atom. The summed E-state index contributed by atoms with van der Waals surface area (Å²) >= 11 is 0. The van der Waals surface area contributed by atoms with E-state index in [0.717, 1.165) is 25.1 Å². The Hall–Kier alpha value is -1.00. The van der Waals surface area contributed by atoms with E-state index in [9.17, 15) is 8.78 Å². The van der Waals surface area contributed by atoms with Crippen LogP contribution in [0.25, 0.3) is 0 Å². The van der Waals surface area contributed by atoms with Gasteiger partial charge < -0.3 is 10.6 Å². The number of halogens is 2. The van der Waals surface area contributed by atoms with Gasteiger partial charge in [0.05, 0.1) is 0 Å². The van der Waals surface area contributed by atoms with Crippen molar-refractivity contribution in [1.82, 2.24) is 4.90 Å². The van der Waals surface area contributed by atoms with Crippen LogP contribution in [-0.2, 0) is 0 Å². The SMILES string of the molecule is CCCC1CCN(CC(N)c2ccc(F)c(F)c2)CC1. The molecule has 1 unspecified atom stereocenters. The molecule has 2 rings (SSSR count). The molecule has 0 radical (unpaired) electrons. The monoisotopic (exact) mass is 282 g/mol. The van der Waals surface area contributed by atoms with Crippen molar-refractivity contribution in [3.63, 3.8) is 0 Å². The lowest BCUT2D eigenvalue weighted by molar-refractivity contribution is 0.170. The molecule has 2 N–H and O–H groups in total. The summed E-state index contributed by atoms with van der Waals surface area (Å²) in [6, 6.07) is 3.68. The van der Waals surface area contributed by atoms with E-state index < -0.39 is 11.6 Å². The minimum atomic E-state index is -0.820. The highest BCUT2D eigenvalue weighted by molar-refractivity contribution is 5.21. The van der Waals surface area contributed by atoms with E-state index in [1.54, 1.807) is 6.07 Å². The highest BCUT2D eigenvalue weighted by atomic mass is 19.2. The minimum Gasteiger partial charge on any atom is -0.323 e. The smallest absolute Gasteiger partial charge is 0.159 e. The molecule has 1 aliphatic rings. The van der Waals surface area contributed by atoms with E-state index in [-0.39, 0.29) is 6.04 Å². The Balaban J connectivity index is 1.85. The third kappa shape index (κ3) is 4.00. The van der Waals surface area contributed by atoms with E-state index in [4.69, 9.17) is 5.73 Å². The van der Waals surface area contributed by atoms with Crippen molar-refractivity contribution in [1.29, 1.82) is 0 Å². The predicted octanol–water partition coefficient (Wildman–Crippen LogP) is 3.48. The van der Waals surface area contributed by atoms with E-state index in [1.165, 1.54) is 31.7 Å². The van der Waals surface area contributed by atoms with Gasteiger partial charge in [-0.3, -0.25) is 0 Å². The molecule has 20 heavy (non-hydrogen) atoms. The molecule has 0 amide bonds. The number of likely N-dealkylation sites (tertiary alicyclic amines) is 1. The predicted molar refractivity (Wildman–Crippen MR) is 77.4 cm³/mol. The van der Waals surface area contributed by atoms with Gasteiger partial charge in [-0.1, -0.05) is 25.8 Å². The third-order valence-electron chi connectivity index (χ3n) is 4.23. The first-order valence-corrected chi connectivity index (χ1v) is 7.53. The van der Waals surface area contributed by atoms with Gasteiger partial charge in [-0.05, 0) is 49.5 Å². The number of piperidine rings is 1. The highest BCUT2D eigenvalue weighted by Crippen LogP contribution is 2.23. The molecule has 0 saturated carbocycles. The Labute approximate surface area is 120 Å². The molecule has 0 aromatic heterocycles. The second-order valence-corrected chi connectivity index (χ2v) is 5.81. The largest absolute Gasteiger partial charge is 0.323 e. The second kappa shape index (κ2) is 7.14. The van der Waals surface area contributed by atoms with Crippen LogP contribution in [0.2, 0.25) is 0 Å². The number of hydrogen-bond acceptors (Lipinski definition) is 2. The maximum absolute atomic E-state index is 13.2. The summed E-state index contributed by atoms with van der Waals surface area (Å²) in [5, 5.41) is 0. The molecule has 0 spiro atoms. The van der Waals surface area contributed by atoms with Crippen molar-refractivity contribution in [2.45, 2.75) is 38.6 Å². The van der Waals surface area contributed by atoms with E-state index in [1.807, 2.05) is 0 Å². The van der Waals surface area contributed by atoms with Crippen molar-refractivity contribution in [2.24, 2.45) is 11.7 Å². The van der Waals surface area contributed by atoms with Gasteiger partial charge in [0.15, 0.2) is 11.6 Å². The summed E-state index contributed by atoms with van der Waals surface area (Å²) in [6.07, 6.45) is 5.00. The van der Waals surface area contributed by atoms with Crippen LogP contribution < -0.4 is 5.73 Å². The standard InChI is InChI=1S/C16H24F2N2/c1-2-3-12-6-8-20(9-7-12)11-16(19)13-4-5-14(17)15(18)10-13/h4-5,10,12,16H,2-3,6-9,11,19H2,1H3. The average molecular weight is 282 g/mol. The number of rotatable bonds is 5. The van der Waals surface area contributed by atoms with Gasteiger partial charge >= 0.3 is 0 Å². The summed E-state index contributed by atoms with van der Waals surface area (Å²) in [6.45, 7) is 5.05. The maximum atomic E-state index is 13.2. The van der Waals surface area contributed by atoms with Crippen LogP contribution in [-0.4, -0.2) is 24.5 Å². The molecule has 0 aliphatic carbocycles. The molecule has 112 valence electrons. The summed E-state index contributed by atoms with van der Waals surface area (Å²) < 4.78 is 26.1. The van der Waals surface area contributed by atoms with Crippen molar-refractivity contribution < 1.29 is 8.78 Å². The van der Waals surface area contributed by atoms with Crippen molar-refractivity contribution in [3.05, 3.63) is 35.4 Å². The fourth-order valence-corrected chi connectivity index (χ4v) is 2.99. The topological polar surface area (TPSA) is 29.3 Å². The average Bonchev–Trinajstić information content (AvgIpc) is 2.44. The van der Waals surface area contributed by atoms with Gasteiger partial charge in [-0.25, -0.2) is 8.78 Å². The first-order chi connectivity index (χ1) is 9.60. The quantitative estimate of drug-likeness (QED) is 0.896. The van der Waals surface area contributed by atoms with Gasteiger partial charge in [-0.2, -0.15) is 0 Å². The molecule has 1 aromatic carbocycles. The van der Waals surface area contributed by atoms with Crippen LogP contribution in [0.15, 0.2) is 18.2 Å². The minimum absolute atomic E-state index is 0.257. The Kier molecular flexibility index (Phi) is 5.49. The van der Waals surface area contributed by atoms with Gasteiger partial charge in [0.2, 0.25) is 0 Å². The summed E-state index contributed by atoms with van der Waals surface area (Å²) in [7, 11) is 0. The van der Waals surface area contributed by atoms with Crippen LogP contribution >= 0.6 is 0 Å². The molecular formula is C16H24F2N2. The molecule has 1 atom stereocenters. The number of nitrogens with two attached hydrogens (primary N) is 1. The molecule has 0 bridgehead atoms. The summed E-state index contributed by atoms with van der Waals surface area (Å²) in [4.78, 5) is 2.33. The number of benzene rings is 1. The fourth-order valence-electron chi connectivity index (χ4n) is 2.99. The van der Waals surface area contributed by atoms with Crippen LogP contribution in [0.4, 0.5) is 8.78 Å². The second-order valence-electron chi connectivity index (χ2n) is 5.81. The first-order valence-electron chi connectivity index (χ1n) is 7.53. The maximum Gasteiger partial charge on any atom is 0.159 e. The number of nitrogens with zero attached hydrogens (tertiary/aromatic N) is 1. The normalized spacial score (nSPS) is 19.2. The molecule has 1 aliphatic heterocycles. The summed E-state index contributed by atoms with van der Waals surface area (Å²) in [5.41, 5.74) is 6.77. The van der Waals surface area contributed by atoms with Crippen LogP contribution in [0.3, 0.4) is 0 Å². The Bertz CT molecular complexity index is 428. The Morgan fingerprint density at radius 2 is 1.95 bits per heavy atom. The highest BCUT2D eigenvalue weighted by Gasteiger charge is 2.20. The lowest BCUT2D eigenvalue weighted by atomic mass is 9.92. The molecule has 1 aromatic rings. The van der Waals surface area contributed by atoms with Crippen molar-refractivity contribution in [3.8, 4) is 0 Å². The van der Waals surface area contributed by atoms with Gasteiger partial charge in [0.25, 0.3) is 0 Å². The van der Waals surface area contributed by atoms with Crippen LogP contribution in [0, 0.1) is 17.6 Å².